The Bertz CT molecular complexity index is 418. The molecule has 0 aliphatic carbocycles. The molecular formula is C10H9F2NO2. The van der Waals surface area contributed by atoms with Crippen molar-refractivity contribution in [2.24, 2.45) is 0 Å². The fraction of sp³-hybridized carbons (Fsp3) is 0.200. The molecule has 0 N–H and O–H groups in total. The molecule has 0 aromatic heterocycles. The average Bonchev–Trinajstić information content (AvgIpc) is 2.19. The zero-order valence-electron chi connectivity index (χ0n) is 8.25. The van der Waals surface area contributed by atoms with E-state index in [1.807, 2.05) is 0 Å². The van der Waals surface area contributed by atoms with Crippen LogP contribution >= 0.6 is 0 Å². The Balaban J connectivity index is 3.10. The highest BCUT2D eigenvalue weighted by Gasteiger charge is 2.18. The first-order valence-electron chi connectivity index (χ1n) is 4.17. The van der Waals surface area contributed by atoms with E-state index in [4.69, 9.17) is 0 Å². The van der Waals surface area contributed by atoms with Gasteiger partial charge in [0.2, 0.25) is 5.78 Å². The fourth-order valence-electron chi connectivity index (χ4n) is 1.09. The molecule has 5 heteroatoms. The molecule has 0 spiro atoms. The Morgan fingerprint density at radius 2 is 1.87 bits per heavy atom. The molecule has 3 nitrogen and oxygen atoms in total. The van der Waals surface area contributed by atoms with Crippen LogP contribution in [0.15, 0.2) is 18.2 Å². The maximum atomic E-state index is 13.2. The molecule has 80 valence electrons. The summed E-state index contributed by atoms with van der Waals surface area (Å²) in [6, 6.07) is 2.69. The Labute approximate surface area is 85.3 Å². The molecule has 15 heavy (non-hydrogen) atoms. The van der Waals surface area contributed by atoms with E-state index in [0.717, 1.165) is 30.0 Å². The van der Waals surface area contributed by atoms with E-state index >= 15 is 0 Å². The van der Waals surface area contributed by atoms with Gasteiger partial charge in [-0.2, -0.15) is 0 Å². The van der Waals surface area contributed by atoms with Crippen LogP contribution in [0.3, 0.4) is 0 Å². The molecular weight excluding hydrogens is 204 g/mol. The van der Waals surface area contributed by atoms with Crippen molar-refractivity contribution in [3.63, 3.8) is 0 Å². The number of carbonyl (C=O) groups excluding carboxylic acids is 2. The topological polar surface area (TPSA) is 37.4 Å². The van der Waals surface area contributed by atoms with E-state index in [1.54, 1.807) is 0 Å². The zero-order chi connectivity index (χ0) is 11.6. The minimum absolute atomic E-state index is 0.254. The first kappa shape index (κ1) is 11.3. The lowest BCUT2D eigenvalue weighted by Gasteiger charge is -2.16. The maximum absolute atomic E-state index is 13.2. The van der Waals surface area contributed by atoms with Crippen LogP contribution in [0.25, 0.3) is 0 Å². The second-order valence-electron chi connectivity index (χ2n) is 3.02. The third-order valence-electron chi connectivity index (χ3n) is 1.88. The van der Waals surface area contributed by atoms with Gasteiger partial charge in [-0.1, -0.05) is 0 Å². The summed E-state index contributed by atoms with van der Waals surface area (Å²) in [6.07, 6.45) is 0. The first-order valence-corrected chi connectivity index (χ1v) is 4.17. The number of hydrogen-bond acceptors (Lipinski definition) is 2. The van der Waals surface area contributed by atoms with Gasteiger partial charge in [0.25, 0.3) is 5.91 Å². The predicted molar refractivity (Wildman–Crippen MR) is 50.4 cm³/mol. The van der Waals surface area contributed by atoms with Crippen molar-refractivity contribution in [3.05, 3.63) is 29.8 Å². The van der Waals surface area contributed by atoms with Crippen LogP contribution in [-0.2, 0) is 9.59 Å². The lowest BCUT2D eigenvalue weighted by Crippen LogP contribution is -2.32. The van der Waals surface area contributed by atoms with Crippen molar-refractivity contribution < 1.29 is 18.4 Å². The number of Topliss-reactive ketones (excluding diaryl/α,β-unsaturated/α-hetero) is 1. The summed E-state index contributed by atoms with van der Waals surface area (Å²) in [5, 5.41) is 0. The smallest absolute Gasteiger partial charge is 0.293 e. The van der Waals surface area contributed by atoms with Gasteiger partial charge < -0.3 is 4.90 Å². The quantitative estimate of drug-likeness (QED) is 0.698. The number of rotatable bonds is 2. The summed E-state index contributed by atoms with van der Waals surface area (Å²) in [6.45, 7) is 1.07. The standard InChI is InChI=1S/C10H9F2NO2/c1-6(14)10(15)13(2)9-5-7(11)3-4-8(9)12/h3-5H,1-2H3. The number of halogens is 2. The van der Waals surface area contributed by atoms with Crippen LogP contribution in [0.2, 0.25) is 0 Å². The molecule has 0 atom stereocenters. The minimum Gasteiger partial charge on any atom is -0.306 e. The van der Waals surface area contributed by atoms with Crippen LogP contribution in [0.1, 0.15) is 6.92 Å². The van der Waals surface area contributed by atoms with E-state index in [9.17, 15) is 18.4 Å². The number of carbonyl (C=O) groups is 2. The van der Waals surface area contributed by atoms with Crippen molar-refractivity contribution in [2.75, 3.05) is 11.9 Å². The lowest BCUT2D eigenvalue weighted by atomic mass is 10.2. The van der Waals surface area contributed by atoms with Gasteiger partial charge in [-0.3, -0.25) is 9.59 Å². The summed E-state index contributed by atoms with van der Waals surface area (Å²) in [5.41, 5.74) is -0.254. The van der Waals surface area contributed by atoms with Gasteiger partial charge >= 0.3 is 0 Å². The van der Waals surface area contributed by atoms with Gasteiger partial charge in [0, 0.05) is 20.0 Å². The second-order valence-corrected chi connectivity index (χ2v) is 3.02. The molecule has 0 saturated carbocycles. The minimum atomic E-state index is -0.889. The van der Waals surface area contributed by atoms with Gasteiger partial charge in [0.05, 0.1) is 5.69 Å². The SMILES string of the molecule is CC(=O)C(=O)N(C)c1cc(F)ccc1F. The number of likely N-dealkylation sites (N-methyl/N-ethyl adjacent to an activating group) is 1. The number of nitrogens with zero attached hydrogens (tertiary/aromatic N) is 1. The summed E-state index contributed by atoms with van der Waals surface area (Å²) >= 11 is 0. The average molecular weight is 213 g/mol. The van der Waals surface area contributed by atoms with Crippen molar-refractivity contribution in [1.82, 2.24) is 0 Å². The monoisotopic (exact) mass is 213 g/mol. The number of ketones is 1. The number of anilines is 1. The number of benzene rings is 1. The highest BCUT2D eigenvalue weighted by Crippen LogP contribution is 2.19. The van der Waals surface area contributed by atoms with Gasteiger partial charge in [0.1, 0.15) is 11.6 Å². The molecule has 0 aliphatic rings. The molecule has 0 bridgehead atoms. The van der Waals surface area contributed by atoms with E-state index in [1.165, 1.54) is 7.05 Å². The van der Waals surface area contributed by atoms with Crippen molar-refractivity contribution in [3.8, 4) is 0 Å². The van der Waals surface area contributed by atoms with Gasteiger partial charge in [0.15, 0.2) is 0 Å². The van der Waals surface area contributed by atoms with Crippen molar-refractivity contribution in [1.29, 1.82) is 0 Å². The normalized spacial score (nSPS) is 9.87. The summed E-state index contributed by atoms with van der Waals surface area (Å²) in [5.74, 6) is -3.05. The molecule has 1 rings (SSSR count). The Hall–Kier alpha value is -1.78. The molecule has 0 unspecified atom stereocenters. The van der Waals surface area contributed by atoms with Crippen LogP contribution in [0.5, 0.6) is 0 Å². The maximum Gasteiger partial charge on any atom is 0.293 e. The van der Waals surface area contributed by atoms with Crippen LogP contribution in [-0.4, -0.2) is 18.7 Å². The zero-order valence-corrected chi connectivity index (χ0v) is 8.25. The predicted octanol–water partition coefficient (Wildman–Crippen LogP) is 1.52. The highest BCUT2D eigenvalue weighted by atomic mass is 19.1. The Kier molecular flexibility index (Phi) is 3.14. The Morgan fingerprint density at radius 1 is 1.27 bits per heavy atom. The molecule has 1 aromatic rings. The summed E-state index contributed by atoms with van der Waals surface area (Å²) < 4.78 is 26.0. The first-order chi connectivity index (χ1) is 6.93. The van der Waals surface area contributed by atoms with Gasteiger partial charge in [-0.05, 0) is 12.1 Å². The lowest BCUT2D eigenvalue weighted by molar-refractivity contribution is -0.134. The summed E-state index contributed by atoms with van der Waals surface area (Å²) in [7, 11) is 1.21. The molecule has 0 saturated heterocycles. The molecule has 1 aromatic carbocycles. The van der Waals surface area contributed by atoms with E-state index < -0.39 is 23.3 Å². The third-order valence-corrected chi connectivity index (χ3v) is 1.88. The van der Waals surface area contributed by atoms with E-state index in [0.29, 0.717) is 0 Å². The van der Waals surface area contributed by atoms with Crippen LogP contribution in [0.4, 0.5) is 14.5 Å². The molecule has 0 radical (unpaired) electrons. The fourth-order valence-corrected chi connectivity index (χ4v) is 1.09. The largest absolute Gasteiger partial charge is 0.306 e. The molecule has 0 heterocycles. The second kappa shape index (κ2) is 4.16. The van der Waals surface area contributed by atoms with Crippen LogP contribution in [0, 0.1) is 11.6 Å². The van der Waals surface area contributed by atoms with Gasteiger partial charge in [-0.15, -0.1) is 0 Å². The van der Waals surface area contributed by atoms with Crippen molar-refractivity contribution in [2.45, 2.75) is 6.92 Å². The van der Waals surface area contributed by atoms with E-state index in [2.05, 4.69) is 0 Å². The molecule has 0 fully saturated rings. The van der Waals surface area contributed by atoms with Crippen LogP contribution < -0.4 is 4.90 Å². The molecule has 1 amide bonds. The van der Waals surface area contributed by atoms with Crippen molar-refractivity contribution >= 4 is 17.4 Å². The van der Waals surface area contributed by atoms with Gasteiger partial charge in [-0.25, -0.2) is 8.78 Å². The highest BCUT2D eigenvalue weighted by molar-refractivity contribution is 6.40. The van der Waals surface area contributed by atoms with E-state index in [-0.39, 0.29) is 5.69 Å². The molecule has 0 aliphatic heterocycles. The summed E-state index contributed by atoms with van der Waals surface area (Å²) in [4.78, 5) is 22.7. The number of amides is 1. The number of hydrogen-bond donors (Lipinski definition) is 0. The third kappa shape index (κ3) is 2.37. The Morgan fingerprint density at radius 3 is 2.40 bits per heavy atom.